The minimum atomic E-state index is -0.624. The van der Waals surface area contributed by atoms with Crippen LogP contribution in [-0.4, -0.2) is 42.6 Å². The van der Waals surface area contributed by atoms with Crippen LogP contribution in [0, 0.1) is 5.92 Å². The van der Waals surface area contributed by atoms with Gasteiger partial charge in [-0.05, 0) is 71.4 Å². The van der Waals surface area contributed by atoms with Gasteiger partial charge in [0.05, 0.1) is 6.61 Å². The fourth-order valence-corrected chi connectivity index (χ4v) is 3.63. The third kappa shape index (κ3) is 9.81. The maximum Gasteiger partial charge on any atom is 0.303 e. The largest absolute Gasteiger partial charge is 0.462 e. The second-order valence-corrected chi connectivity index (χ2v) is 9.12. The normalized spacial score (nSPS) is 23.6. The van der Waals surface area contributed by atoms with Gasteiger partial charge in [-0.3, -0.25) is 14.4 Å². The molecule has 0 aromatic carbocycles. The summed E-state index contributed by atoms with van der Waals surface area (Å²) in [5.74, 6) is -0.404. The highest BCUT2D eigenvalue weighted by Crippen LogP contribution is 2.34. The summed E-state index contributed by atoms with van der Waals surface area (Å²) < 4.78 is 16.8. The number of allylic oxidation sites excluding steroid dienone is 2. The zero-order valence-electron chi connectivity index (χ0n) is 20.3. The average Bonchev–Trinajstić information content (AvgIpc) is 2.81. The van der Waals surface area contributed by atoms with Crippen molar-refractivity contribution in [1.29, 1.82) is 0 Å². The lowest BCUT2D eigenvalue weighted by Crippen LogP contribution is -2.43. The number of carbonyl (C=O) groups excluding carboxylic acids is 3. The molecule has 2 unspecified atom stereocenters. The number of hydrogen-bond acceptors (Lipinski definition) is 6. The first-order chi connectivity index (χ1) is 14.4. The van der Waals surface area contributed by atoms with Crippen molar-refractivity contribution in [2.75, 3.05) is 13.2 Å². The van der Waals surface area contributed by atoms with Crippen LogP contribution in [0.5, 0.6) is 0 Å². The molecule has 0 saturated carbocycles. The Labute approximate surface area is 187 Å². The predicted octanol–water partition coefficient (Wildman–Crippen LogP) is 5.10. The molecule has 0 bridgehead atoms. The fourth-order valence-electron chi connectivity index (χ4n) is 3.63. The van der Waals surface area contributed by atoms with Gasteiger partial charge in [0.15, 0.2) is 0 Å². The van der Waals surface area contributed by atoms with E-state index >= 15 is 0 Å². The summed E-state index contributed by atoms with van der Waals surface area (Å²) in [6, 6.07) is 0. The van der Waals surface area contributed by atoms with Gasteiger partial charge in [0, 0.05) is 26.2 Å². The summed E-state index contributed by atoms with van der Waals surface area (Å²) in [5.41, 5.74) is 2.74. The summed E-state index contributed by atoms with van der Waals surface area (Å²) in [6.45, 7) is 13.4. The van der Waals surface area contributed by atoms with Crippen LogP contribution in [0.2, 0.25) is 0 Å². The van der Waals surface area contributed by atoms with Crippen molar-refractivity contribution in [3.05, 3.63) is 22.8 Å². The number of ketones is 1. The SMILES string of the molecule is CC(=O)OCC=C1CC[C@@H](OC(C)=O)C(C)(CCCC(C)C(=O)CC(C)=C(C)C)OC1. The molecule has 0 spiro atoms. The van der Waals surface area contributed by atoms with E-state index in [9.17, 15) is 14.4 Å². The first-order valence-corrected chi connectivity index (χ1v) is 11.2. The predicted molar refractivity (Wildman–Crippen MR) is 121 cm³/mol. The standard InChI is InChI=1S/C25H40O6/c1-17(2)19(4)15-23(28)18(3)9-8-13-25(7)24(31-21(6)27)11-10-22(16-30-25)12-14-29-20(5)26/h12,18,24H,8-11,13-16H2,1-7H3/t18?,24-,25?/m1/s1. The second kappa shape index (κ2) is 12.8. The molecular formula is C25H40O6. The molecule has 3 atom stereocenters. The molecule has 0 N–H and O–H groups in total. The van der Waals surface area contributed by atoms with E-state index in [-0.39, 0.29) is 36.4 Å². The monoisotopic (exact) mass is 436 g/mol. The van der Waals surface area contributed by atoms with Crippen LogP contribution in [-0.2, 0) is 28.6 Å². The number of Topliss-reactive ketones (excluding diaryl/α,β-unsaturated/α-hetero) is 1. The maximum atomic E-state index is 12.5. The molecule has 1 aliphatic heterocycles. The summed E-state index contributed by atoms with van der Waals surface area (Å²) in [4.78, 5) is 35.1. The van der Waals surface area contributed by atoms with Gasteiger partial charge in [-0.15, -0.1) is 0 Å². The van der Waals surface area contributed by atoms with Crippen LogP contribution >= 0.6 is 0 Å². The summed E-state index contributed by atoms with van der Waals surface area (Å²) in [5, 5.41) is 0. The fraction of sp³-hybridized carbons (Fsp3) is 0.720. The molecule has 31 heavy (non-hydrogen) atoms. The summed E-state index contributed by atoms with van der Waals surface area (Å²) in [6.07, 6.45) is 5.65. The van der Waals surface area contributed by atoms with E-state index in [0.717, 1.165) is 24.0 Å². The van der Waals surface area contributed by atoms with E-state index in [0.29, 0.717) is 32.3 Å². The molecule has 0 radical (unpaired) electrons. The van der Waals surface area contributed by atoms with Gasteiger partial charge >= 0.3 is 11.9 Å². The maximum absolute atomic E-state index is 12.5. The van der Waals surface area contributed by atoms with Crippen molar-refractivity contribution < 1.29 is 28.6 Å². The third-order valence-corrected chi connectivity index (χ3v) is 6.12. The number of rotatable bonds is 10. The Hall–Kier alpha value is -1.95. The van der Waals surface area contributed by atoms with Gasteiger partial charge < -0.3 is 14.2 Å². The Bertz CT molecular complexity index is 701. The molecule has 1 aliphatic rings. The molecule has 0 amide bonds. The minimum absolute atomic E-state index is 0.0185. The van der Waals surface area contributed by atoms with Crippen molar-refractivity contribution in [2.45, 2.75) is 98.7 Å². The van der Waals surface area contributed by atoms with Crippen LogP contribution in [0.1, 0.15) is 87.0 Å². The lowest BCUT2D eigenvalue weighted by Gasteiger charge is -2.35. The Balaban J connectivity index is 2.74. The third-order valence-electron chi connectivity index (χ3n) is 6.12. The van der Waals surface area contributed by atoms with E-state index in [4.69, 9.17) is 14.2 Å². The molecule has 176 valence electrons. The molecule has 0 aromatic rings. The molecule has 1 fully saturated rings. The molecule has 1 saturated heterocycles. The van der Waals surface area contributed by atoms with Gasteiger partial charge in [-0.1, -0.05) is 18.1 Å². The number of esters is 2. The first kappa shape index (κ1) is 27.1. The lowest BCUT2D eigenvalue weighted by molar-refractivity contribution is -0.167. The van der Waals surface area contributed by atoms with Gasteiger partial charge in [-0.2, -0.15) is 0 Å². The van der Waals surface area contributed by atoms with Crippen LogP contribution in [0.15, 0.2) is 22.8 Å². The highest BCUT2D eigenvalue weighted by molar-refractivity contribution is 5.82. The topological polar surface area (TPSA) is 78.9 Å². The molecule has 6 nitrogen and oxygen atoms in total. The number of ether oxygens (including phenoxy) is 3. The zero-order chi connectivity index (χ0) is 23.6. The quantitative estimate of drug-likeness (QED) is 0.350. The minimum Gasteiger partial charge on any atom is -0.462 e. The molecule has 1 rings (SSSR count). The Morgan fingerprint density at radius 1 is 1.16 bits per heavy atom. The van der Waals surface area contributed by atoms with Crippen LogP contribution < -0.4 is 0 Å². The van der Waals surface area contributed by atoms with Gasteiger partial charge in [0.2, 0.25) is 0 Å². The van der Waals surface area contributed by atoms with Gasteiger partial charge in [0.1, 0.15) is 24.1 Å². The van der Waals surface area contributed by atoms with Crippen LogP contribution in [0.3, 0.4) is 0 Å². The summed E-state index contributed by atoms with van der Waals surface area (Å²) >= 11 is 0. The van der Waals surface area contributed by atoms with E-state index in [2.05, 4.69) is 0 Å². The second-order valence-electron chi connectivity index (χ2n) is 9.12. The Kier molecular flexibility index (Phi) is 11.2. The molecule has 0 aliphatic carbocycles. The molecular weight excluding hydrogens is 396 g/mol. The number of carbonyl (C=O) groups is 3. The molecule has 1 heterocycles. The van der Waals surface area contributed by atoms with Crippen molar-refractivity contribution in [3.8, 4) is 0 Å². The van der Waals surface area contributed by atoms with E-state index in [1.54, 1.807) is 0 Å². The van der Waals surface area contributed by atoms with Gasteiger partial charge in [0.25, 0.3) is 0 Å². The highest BCUT2D eigenvalue weighted by Gasteiger charge is 2.39. The van der Waals surface area contributed by atoms with E-state index in [1.807, 2.05) is 40.7 Å². The van der Waals surface area contributed by atoms with Crippen molar-refractivity contribution >= 4 is 17.7 Å². The first-order valence-electron chi connectivity index (χ1n) is 11.2. The van der Waals surface area contributed by atoms with Crippen LogP contribution in [0.25, 0.3) is 0 Å². The van der Waals surface area contributed by atoms with Crippen LogP contribution in [0.4, 0.5) is 0 Å². The molecule has 0 aromatic heterocycles. The lowest BCUT2D eigenvalue weighted by atomic mass is 9.86. The van der Waals surface area contributed by atoms with E-state index < -0.39 is 5.60 Å². The number of hydrogen-bond donors (Lipinski definition) is 0. The smallest absolute Gasteiger partial charge is 0.303 e. The van der Waals surface area contributed by atoms with E-state index in [1.165, 1.54) is 19.4 Å². The zero-order valence-corrected chi connectivity index (χ0v) is 20.3. The summed E-state index contributed by atoms with van der Waals surface area (Å²) in [7, 11) is 0. The van der Waals surface area contributed by atoms with Crippen molar-refractivity contribution in [2.24, 2.45) is 5.92 Å². The Morgan fingerprint density at radius 3 is 2.42 bits per heavy atom. The van der Waals surface area contributed by atoms with Crippen molar-refractivity contribution in [1.82, 2.24) is 0 Å². The Morgan fingerprint density at radius 2 is 1.84 bits per heavy atom. The molecule has 6 heteroatoms. The average molecular weight is 437 g/mol. The van der Waals surface area contributed by atoms with Gasteiger partial charge in [-0.25, -0.2) is 0 Å². The van der Waals surface area contributed by atoms with Crippen molar-refractivity contribution in [3.63, 3.8) is 0 Å². The highest BCUT2D eigenvalue weighted by atomic mass is 16.6.